The van der Waals surface area contributed by atoms with E-state index in [0.29, 0.717) is 25.9 Å². The van der Waals surface area contributed by atoms with Crippen LogP contribution < -0.4 is 15.4 Å². The van der Waals surface area contributed by atoms with Gasteiger partial charge < -0.3 is 29.7 Å². The molecular weight excluding hydrogens is 368 g/mol. The molecule has 0 aliphatic carbocycles. The number of nitrogens with zero attached hydrogens (tertiary/aromatic N) is 2. The second-order valence-electron chi connectivity index (χ2n) is 7.67. The molecule has 29 heavy (non-hydrogen) atoms. The van der Waals surface area contributed by atoms with Crippen LogP contribution in [0, 0.1) is 0 Å². The minimum atomic E-state index is 0.169. The molecule has 1 aromatic carbocycles. The van der Waals surface area contributed by atoms with Crippen molar-refractivity contribution in [2.45, 2.75) is 45.3 Å². The summed E-state index contributed by atoms with van der Waals surface area (Å²) in [6.07, 6.45) is 3.54. The first-order valence-electron chi connectivity index (χ1n) is 10.7. The van der Waals surface area contributed by atoms with E-state index in [9.17, 15) is 0 Å². The summed E-state index contributed by atoms with van der Waals surface area (Å²) in [5.74, 6) is 1.68. The molecule has 7 nitrogen and oxygen atoms in total. The first kappa shape index (κ1) is 23.4. The predicted octanol–water partition coefficient (Wildman–Crippen LogP) is 2.98. The zero-order valence-corrected chi connectivity index (χ0v) is 18.4. The van der Waals surface area contributed by atoms with Gasteiger partial charge in [0.05, 0.1) is 25.9 Å². The van der Waals surface area contributed by atoms with E-state index in [2.05, 4.69) is 22.6 Å². The van der Waals surface area contributed by atoms with Gasteiger partial charge in [0, 0.05) is 32.0 Å². The molecule has 0 saturated carbocycles. The summed E-state index contributed by atoms with van der Waals surface area (Å²) in [5.41, 5.74) is 0.989. The molecule has 1 aromatic rings. The second-order valence-corrected chi connectivity index (χ2v) is 7.67. The molecule has 7 heteroatoms. The Hall–Kier alpha value is -1.83. The highest BCUT2D eigenvalue weighted by molar-refractivity contribution is 5.93. The van der Waals surface area contributed by atoms with E-state index in [1.807, 2.05) is 38.1 Å². The molecule has 1 aliphatic heterocycles. The number of benzene rings is 1. The molecule has 164 valence electrons. The van der Waals surface area contributed by atoms with Gasteiger partial charge in [-0.15, -0.1) is 0 Å². The molecule has 1 unspecified atom stereocenters. The van der Waals surface area contributed by atoms with E-state index in [4.69, 9.17) is 19.2 Å². The van der Waals surface area contributed by atoms with Crippen molar-refractivity contribution in [2.75, 3.05) is 58.9 Å². The molecule has 1 heterocycles. The van der Waals surface area contributed by atoms with Crippen LogP contribution in [0.3, 0.4) is 0 Å². The smallest absolute Gasteiger partial charge is 0.195 e. The number of aliphatic imine (C=N–C) groups is 1. The van der Waals surface area contributed by atoms with Crippen LogP contribution in [-0.2, 0) is 9.47 Å². The highest BCUT2D eigenvalue weighted by atomic mass is 16.5. The zero-order valence-electron chi connectivity index (χ0n) is 18.4. The quantitative estimate of drug-likeness (QED) is 0.316. The highest BCUT2D eigenvalue weighted by Crippen LogP contribution is 2.17. The number of likely N-dealkylation sites (N-methyl/N-ethyl adjacent to an activating group) is 1. The van der Waals surface area contributed by atoms with Gasteiger partial charge >= 0.3 is 0 Å². The third-order valence-electron chi connectivity index (χ3n) is 4.81. The summed E-state index contributed by atoms with van der Waals surface area (Å²) >= 11 is 0. The maximum Gasteiger partial charge on any atom is 0.195 e. The van der Waals surface area contributed by atoms with Gasteiger partial charge in [-0.1, -0.05) is 0 Å². The van der Waals surface area contributed by atoms with Crippen molar-refractivity contribution in [3.8, 4) is 5.75 Å². The fraction of sp³-hybridized carbons (Fsp3) is 0.682. The van der Waals surface area contributed by atoms with Crippen molar-refractivity contribution in [2.24, 2.45) is 4.99 Å². The first-order chi connectivity index (χ1) is 14.1. The van der Waals surface area contributed by atoms with Crippen molar-refractivity contribution >= 4 is 11.6 Å². The number of hydrogen-bond acceptors (Lipinski definition) is 5. The summed E-state index contributed by atoms with van der Waals surface area (Å²) in [7, 11) is 3.86. The van der Waals surface area contributed by atoms with Crippen molar-refractivity contribution < 1.29 is 14.2 Å². The normalized spacial score (nSPS) is 17.7. The Morgan fingerprint density at radius 1 is 1.21 bits per heavy atom. The molecule has 2 N–H and O–H groups in total. The van der Waals surface area contributed by atoms with Gasteiger partial charge in [-0.2, -0.15) is 0 Å². The molecule has 1 fully saturated rings. The summed E-state index contributed by atoms with van der Waals surface area (Å²) < 4.78 is 16.2. The Bertz CT molecular complexity index is 592. The third kappa shape index (κ3) is 9.47. The van der Waals surface area contributed by atoms with Crippen molar-refractivity contribution in [3.63, 3.8) is 0 Å². The first-order valence-corrected chi connectivity index (χ1v) is 10.7. The average molecular weight is 407 g/mol. The maximum atomic E-state index is 5.72. The van der Waals surface area contributed by atoms with Crippen molar-refractivity contribution in [1.82, 2.24) is 10.2 Å². The SMILES string of the molecule is COCCOCCCNC(=NCC1CCCN1C)Nc1ccc(OC(C)C)cc1. The number of likely N-dealkylation sites (tertiary alicyclic amines) is 1. The lowest BCUT2D eigenvalue weighted by Gasteiger charge is -2.19. The van der Waals surface area contributed by atoms with Crippen LogP contribution in [-0.4, -0.2) is 76.6 Å². The van der Waals surface area contributed by atoms with Gasteiger partial charge in [0.15, 0.2) is 5.96 Å². The predicted molar refractivity (Wildman–Crippen MR) is 119 cm³/mol. The van der Waals surface area contributed by atoms with Gasteiger partial charge in [-0.05, 0) is 71.0 Å². The Morgan fingerprint density at radius 3 is 2.66 bits per heavy atom. The molecule has 2 rings (SSSR count). The van der Waals surface area contributed by atoms with E-state index in [0.717, 1.165) is 43.5 Å². The highest BCUT2D eigenvalue weighted by Gasteiger charge is 2.20. The number of nitrogens with one attached hydrogen (secondary N) is 2. The fourth-order valence-electron chi connectivity index (χ4n) is 3.20. The summed E-state index contributed by atoms with van der Waals surface area (Å²) in [4.78, 5) is 7.22. The van der Waals surface area contributed by atoms with E-state index < -0.39 is 0 Å². The fourth-order valence-corrected chi connectivity index (χ4v) is 3.20. The van der Waals surface area contributed by atoms with Crippen molar-refractivity contribution in [1.29, 1.82) is 0 Å². The van der Waals surface area contributed by atoms with Crippen LogP contribution in [0.1, 0.15) is 33.1 Å². The van der Waals surface area contributed by atoms with Crippen LogP contribution in [0.15, 0.2) is 29.3 Å². The minimum Gasteiger partial charge on any atom is -0.491 e. The van der Waals surface area contributed by atoms with Crippen LogP contribution in [0.2, 0.25) is 0 Å². The Balaban J connectivity index is 1.87. The van der Waals surface area contributed by atoms with Gasteiger partial charge in [-0.3, -0.25) is 4.99 Å². The number of rotatable bonds is 12. The monoisotopic (exact) mass is 406 g/mol. The summed E-state index contributed by atoms with van der Waals surface area (Å²) in [5, 5.41) is 6.84. The van der Waals surface area contributed by atoms with Crippen molar-refractivity contribution in [3.05, 3.63) is 24.3 Å². The second kappa shape index (κ2) is 13.4. The molecule has 0 spiro atoms. The molecule has 0 radical (unpaired) electrons. The molecule has 1 atom stereocenters. The number of guanidine groups is 1. The number of hydrogen-bond donors (Lipinski definition) is 2. The van der Waals surface area contributed by atoms with Gasteiger partial charge in [0.2, 0.25) is 0 Å². The van der Waals surface area contributed by atoms with Crippen LogP contribution in [0.5, 0.6) is 5.75 Å². The van der Waals surface area contributed by atoms with Crippen LogP contribution in [0.4, 0.5) is 5.69 Å². The number of ether oxygens (including phenoxy) is 3. The van der Waals surface area contributed by atoms with E-state index in [-0.39, 0.29) is 6.10 Å². The Kier molecular flexibility index (Phi) is 10.8. The lowest BCUT2D eigenvalue weighted by atomic mass is 10.2. The standard InChI is InChI=1S/C22H38N4O3/c1-18(2)29-21-10-8-19(9-11-21)25-22(23-12-6-14-28-16-15-27-4)24-17-20-7-5-13-26(20)3/h8-11,18,20H,5-7,12-17H2,1-4H3,(H2,23,24,25). The van der Waals surface area contributed by atoms with Crippen LogP contribution in [0.25, 0.3) is 0 Å². The van der Waals surface area contributed by atoms with Gasteiger partial charge in [0.25, 0.3) is 0 Å². The molecular formula is C22H38N4O3. The maximum absolute atomic E-state index is 5.72. The van der Waals surface area contributed by atoms with Gasteiger partial charge in [0.1, 0.15) is 5.75 Å². The summed E-state index contributed by atoms with van der Waals surface area (Å²) in [6, 6.07) is 8.52. The molecule has 1 aliphatic rings. The molecule has 0 aromatic heterocycles. The largest absolute Gasteiger partial charge is 0.491 e. The minimum absolute atomic E-state index is 0.169. The van der Waals surface area contributed by atoms with E-state index in [1.54, 1.807) is 7.11 Å². The topological polar surface area (TPSA) is 67.4 Å². The third-order valence-corrected chi connectivity index (χ3v) is 4.81. The van der Waals surface area contributed by atoms with E-state index >= 15 is 0 Å². The molecule has 0 bridgehead atoms. The number of anilines is 1. The van der Waals surface area contributed by atoms with Gasteiger partial charge in [-0.25, -0.2) is 0 Å². The van der Waals surface area contributed by atoms with E-state index in [1.165, 1.54) is 12.8 Å². The lowest BCUT2D eigenvalue weighted by molar-refractivity contribution is 0.0699. The lowest BCUT2D eigenvalue weighted by Crippen LogP contribution is -2.34. The zero-order chi connectivity index (χ0) is 20.9. The molecule has 0 amide bonds. The average Bonchev–Trinajstić information content (AvgIpc) is 3.11. The van der Waals surface area contributed by atoms with Crippen LogP contribution >= 0.6 is 0 Å². The Labute approximate surface area is 175 Å². The summed E-state index contributed by atoms with van der Waals surface area (Å²) in [6.45, 7) is 8.78. The Morgan fingerprint density at radius 2 is 2.00 bits per heavy atom. The number of methoxy groups -OCH3 is 1. The molecule has 1 saturated heterocycles.